The number of aliphatic imine (C=N–C) groups is 1. The van der Waals surface area contributed by atoms with E-state index in [9.17, 15) is 9.59 Å². The van der Waals surface area contributed by atoms with Crippen molar-refractivity contribution in [2.45, 2.75) is 25.8 Å². The summed E-state index contributed by atoms with van der Waals surface area (Å²) in [5.41, 5.74) is 2.83. The Morgan fingerprint density at radius 1 is 1.15 bits per heavy atom. The number of hydrogen-bond acceptors (Lipinski definition) is 8. The minimum Gasteiger partial charge on any atom is -0.496 e. The zero-order chi connectivity index (χ0) is 23.5. The van der Waals surface area contributed by atoms with Gasteiger partial charge in [0.25, 0.3) is 0 Å². The number of allylic oxidation sites excluding steroid dienone is 1. The number of amidine groups is 1. The van der Waals surface area contributed by atoms with Crippen molar-refractivity contribution in [2.24, 2.45) is 4.99 Å². The molecule has 9 heteroatoms. The lowest BCUT2D eigenvalue weighted by Gasteiger charge is -2.38. The van der Waals surface area contributed by atoms with E-state index in [1.165, 1.54) is 18.9 Å². The van der Waals surface area contributed by atoms with Gasteiger partial charge in [-0.1, -0.05) is 36.9 Å². The summed E-state index contributed by atoms with van der Waals surface area (Å²) in [7, 11) is 5.07. The first kappa shape index (κ1) is 23.4. The van der Waals surface area contributed by atoms with E-state index in [2.05, 4.69) is 11.9 Å². The molecule has 0 saturated carbocycles. The van der Waals surface area contributed by atoms with E-state index in [0.29, 0.717) is 23.4 Å². The number of fused-ring (bicyclic) bond motifs is 1. The molecular weight excluding hydrogens is 440 g/mol. The Bertz CT molecular complexity index is 1030. The van der Waals surface area contributed by atoms with Gasteiger partial charge in [-0.15, -0.1) is 0 Å². The molecular formula is C24H30N4O4S. The topological polar surface area (TPSA) is 74.7 Å². The number of carbonyl (C=O) groups is 2. The quantitative estimate of drug-likeness (QED) is 0.592. The number of esters is 1. The highest BCUT2D eigenvalue weighted by molar-refractivity contribution is 8.16. The number of piperazine rings is 1. The molecule has 0 aromatic heterocycles. The number of benzene rings is 1. The van der Waals surface area contributed by atoms with Crippen LogP contribution in [-0.2, 0) is 14.3 Å². The number of para-hydroxylation sites is 1. The minimum atomic E-state index is -0.488. The van der Waals surface area contributed by atoms with Crippen LogP contribution in [0.1, 0.15) is 31.4 Å². The molecule has 1 amide bonds. The second-order valence-corrected chi connectivity index (χ2v) is 9.04. The van der Waals surface area contributed by atoms with Crippen LogP contribution in [0, 0.1) is 0 Å². The standard InChI is InChI=1S/C24H30N4O4S/c1-5-18-21(23(30)32-4)22(17-8-6-7-9-19(17)31-3)28-16(15-33-24(28)25-18)14-20(29)27-12-10-26(2)11-13-27/h6-9,15,22H,5,10-14H2,1-4H3. The summed E-state index contributed by atoms with van der Waals surface area (Å²) >= 11 is 1.48. The molecule has 3 heterocycles. The number of thioether (sulfide) groups is 1. The fraction of sp³-hybridized carbons (Fsp3) is 0.458. The SMILES string of the molecule is CCC1=C(C(=O)OC)C(c2ccccc2OC)N2C(CC(=O)N3CCN(C)CC3)=CSC2=N1. The highest BCUT2D eigenvalue weighted by Crippen LogP contribution is 2.47. The predicted octanol–water partition coefficient (Wildman–Crippen LogP) is 3.00. The molecule has 0 N–H and O–H groups in total. The maximum atomic E-state index is 13.2. The third-order valence-electron chi connectivity index (χ3n) is 6.25. The first-order valence-electron chi connectivity index (χ1n) is 11.1. The minimum absolute atomic E-state index is 0.0832. The summed E-state index contributed by atoms with van der Waals surface area (Å²) in [6, 6.07) is 7.16. The van der Waals surface area contributed by atoms with Gasteiger partial charge in [0.05, 0.1) is 38.0 Å². The van der Waals surface area contributed by atoms with Gasteiger partial charge in [0.2, 0.25) is 5.91 Å². The Hall–Kier alpha value is -2.78. The number of nitrogens with zero attached hydrogens (tertiary/aromatic N) is 4. The highest BCUT2D eigenvalue weighted by atomic mass is 32.2. The molecule has 0 aliphatic carbocycles. The van der Waals surface area contributed by atoms with Crippen LogP contribution in [0.4, 0.5) is 0 Å². The van der Waals surface area contributed by atoms with Gasteiger partial charge < -0.3 is 24.2 Å². The fourth-order valence-corrected chi connectivity index (χ4v) is 5.36. The van der Waals surface area contributed by atoms with Gasteiger partial charge in [-0.25, -0.2) is 9.79 Å². The summed E-state index contributed by atoms with van der Waals surface area (Å²) < 4.78 is 10.8. The van der Waals surface area contributed by atoms with Crippen molar-refractivity contribution in [3.05, 3.63) is 52.2 Å². The molecule has 4 rings (SSSR count). The van der Waals surface area contributed by atoms with Gasteiger partial charge in [-0.05, 0) is 24.9 Å². The van der Waals surface area contributed by atoms with E-state index in [1.807, 2.05) is 46.4 Å². The molecule has 8 nitrogen and oxygen atoms in total. The summed E-state index contributed by atoms with van der Waals surface area (Å²) in [5.74, 6) is 0.328. The highest BCUT2D eigenvalue weighted by Gasteiger charge is 2.42. The van der Waals surface area contributed by atoms with Crippen molar-refractivity contribution in [1.29, 1.82) is 0 Å². The van der Waals surface area contributed by atoms with Crippen molar-refractivity contribution < 1.29 is 19.1 Å². The predicted molar refractivity (Wildman–Crippen MR) is 129 cm³/mol. The van der Waals surface area contributed by atoms with Crippen LogP contribution < -0.4 is 4.74 Å². The zero-order valence-electron chi connectivity index (χ0n) is 19.5. The lowest BCUT2D eigenvalue weighted by atomic mass is 9.92. The van der Waals surface area contributed by atoms with Gasteiger partial charge in [-0.2, -0.15) is 0 Å². The first-order valence-corrected chi connectivity index (χ1v) is 12.0. The Kier molecular flexibility index (Phi) is 7.09. The second-order valence-electron chi connectivity index (χ2n) is 8.20. The van der Waals surface area contributed by atoms with Gasteiger partial charge in [0.1, 0.15) is 5.75 Å². The number of hydrogen-bond donors (Lipinski definition) is 0. The van der Waals surface area contributed by atoms with E-state index < -0.39 is 12.0 Å². The lowest BCUT2D eigenvalue weighted by Crippen LogP contribution is -2.47. The van der Waals surface area contributed by atoms with E-state index in [0.717, 1.165) is 42.6 Å². The number of amides is 1. The van der Waals surface area contributed by atoms with Crippen molar-refractivity contribution in [3.63, 3.8) is 0 Å². The Balaban J connectivity index is 1.72. The smallest absolute Gasteiger partial charge is 0.338 e. The van der Waals surface area contributed by atoms with Gasteiger partial charge in [0.15, 0.2) is 5.17 Å². The van der Waals surface area contributed by atoms with E-state index in [-0.39, 0.29) is 12.3 Å². The van der Waals surface area contributed by atoms with Crippen molar-refractivity contribution >= 4 is 28.8 Å². The maximum absolute atomic E-state index is 13.2. The van der Waals surface area contributed by atoms with Gasteiger partial charge in [-0.3, -0.25) is 4.79 Å². The van der Waals surface area contributed by atoms with Crippen LogP contribution in [0.25, 0.3) is 0 Å². The first-order chi connectivity index (χ1) is 16.0. The molecule has 1 atom stereocenters. The number of methoxy groups -OCH3 is 2. The van der Waals surface area contributed by atoms with Crippen LogP contribution in [0.5, 0.6) is 5.75 Å². The van der Waals surface area contributed by atoms with E-state index in [4.69, 9.17) is 14.5 Å². The molecule has 1 unspecified atom stereocenters. The Morgan fingerprint density at radius 3 is 2.55 bits per heavy atom. The fourth-order valence-electron chi connectivity index (χ4n) is 4.42. The summed E-state index contributed by atoms with van der Waals surface area (Å²) in [6.07, 6.45) is 0.834. The van der Waals surface area contributed by atoms with Gasteiger partial charge >= 0.3 is 5.97 Å². The number of likely N-dealkylation sites (N-methyl/N-ethyl adjacent to an activating group) is 1. The normalized spacial score (nSPS) is 20.9. The molecule has 3 aliphatic rings. The molecule has 33 heavy (non-hydrogen) atoms. The lowest BCUT2D eigenvalue weighted by molar-refractivity contribution is -0.136. The molecule has 1 aromatic carbocycles. The molecule has 1 saturated heterocycles. The largest absolute Gasteiger partial charge is 0.496 e. The molecule has 176 valence electrons. The second kappa shape index (κ2) is 10.0. The van der Waals surface area contributed by atoms with Crippen LogP contribution in [0.2, 0.25) is 0 Å². The molecule has 3 aliphatic heterocycles. The van der Waals surface area contributed by atoms with Crippen molar-refractivity contribution in [3.8, 4) is 5.75 Å². The number of rotatable bonds is 6. The van der Waals surface area contributed by atoms with Crippen molar-refractivity contribution in [1.82, 2.24) is 14.7 Å². The molecule has 0 spiro atoms. The molecule has 0 radical (unpaired) electrons. The van der Waals surface area contributed by atoms with Crippen LogP contribution in [0.15, 0.2) is 51.6 Å². The van der Waals surface area contributed by atoms with Crippen molar-refractivity contribution in [2.75, 3.05) is 47.4 Å². The molecule has 1 aromatic rings. The average Bonchev–Trinajstić information content (AvgIpc) is 3.24. The summed E-state index contributed by atoms with van der Waals surface area (Å²) in [6.45, 7) is 5.16. The van der Waals surface area contributed by atoms with Gasteiger partial charge in [0, 0.05) is 37.4 Å². The van der Waals surface area contributed by atoms with Crippen LogP contribution in [0.3, 0.4) is 0 Å². The van der Waals surface area contributed by atoms with E-state index >= 15 is 0 Å². The maximum Gasteiger partial charge on any atom is 0.338 e. The van der Waals surface area contributed by atoms with Crippen LogP contribution in [-0.4, -0.2) is 79.2 Å². The third kappa shape index (κ3) is 4.52. The Labute approximate surface area is 198 Å². The van der Waals surface area contributed by atoms with E-state index in [1.54, 1.807) is 7.11 Å². The summed E-state index contributed by atoms with van der Waals surface area (Å²) in [4.78, 5) is 37.1. The average molecular weight is 471 g/mol. The number of carbonyl (C=O) groups excluding carboxylic acids is 2. The summed E-state index contributed by atoms with van der Waals surface area (Å²) in [5, 5.41) is 2.74. The number of ether oxygens (including phenoxy) is 2. The van der Waals surface area contributed by atoms with Crippen LogP contribution >= 0.6 is 11.8 Å². The monoisotopic (exact) mass is 470 g/mol. The molecule has 1 fully saturated rings. The third-order valence-corrected chi connectivity index (χ3v) is 7.14. The zero-order valence-corrected chi connectivity index (χ0v) is 20.4. The molecule has 0 bridgehead atoms. The Morgan fingerprint density at radius 2 is 1.88 bits per heavy atom.